The lowest BCUT2D eigenvalue weighted by molar-refractivity contribution is 0.0767. The molecule has 1 fully saturated rings. The molecule has 7 heteroatoms. The lowest BCUT2D eigenvalue weighted by Crippen LogP contribution is -2.34. The van der Waals surface area contributed by atoms with Gasteiger partial charge >= 0.3 is 0 Å². The molecule has 0 unspecified atom stereocenters. The van der Waals surface area contributed by atoms with Crippen LogP contribution in [0.2, 0.25) is 0 Å². The molecule has 152 valence electrons. The molecule has 0 bridgehead atoms. The Morgan fingerprint density at radius 3 is 2.77 bits per heavy atom. The molecule has 0 aliphatic carbocycles. The zero-order chi connectivity index (χ0) is 20.5. The molecular weight excluding hydrogens is 396 g/mol. The van der Waals surface area contributed by atoms with Crippen molar-refractivity contribution in [3.63, 3.8) is 0 Å². The number of amides is 1. The monoisotopic (exact) mass is 418 g/mol. The number of carbonyl (C=O) groups excluding carboxylic acids is 1. The topological polar surface area (TPSA) is 62.5 Å². The van der Waals surface area contributed by atoms with Crippen LogP contribution < -0.4 is 0 Å². The van der Waals surface area contributed by atoms with Crippen molar-refractivity contribution >= 4 is 28.2 Å². The summed E-state index contributed by atoms with van der Waals surface area (Å²) >= 11 is 1.38. The largest absolute Gasteiger partial charge is 0.356 e. The molecule has 6 nitrogen and oxygen atoms in total. The van der Waals surface area contributed by atoms with Crippen molar-refractivity contribution in [2.45, 2.75) is 6.42 Å². The van der Waals surface area contributed by atoms with E-state index in [0.717, 1.165) is 49.1 Å². The molecule has 0 saturated carbocycles. The zero-order valence-corrected chi connectivity index (χ0v) is 17.6. The Hall–Kier alpha value is -3.03. The fourth-order valence-corrected chi connectivity index (χ4v) is 4.67. The lowest BCUT2D eigenvalue weighted by atomic mass is 10.0. The molecule has 1 aliphatic rings. The highest BCUT2D eigenvalue weighted by atomic mass is 32.1. The van der Waals surface area contributed by atoms with E-state index in [1.165, 1.54) is 11.3 Å². The SMILES string of the molecule is CN1CCCN(C(=O)c2cnc(-c3noc4cc(-c5ccccc5)ccc34)s2)CC1. The van der Waals surface area contributed by atoms with Gasteiger partial charge in [-0.05, 0) is 43.3 Å². The minimum absolute atomic E-state index is 0.0493. The number of thiazole rings is 1. The Balaban J connectivity index is 1.41. The summed E-state index contributed by atoms with van der Waals surface area (Å²) in [5.41, 5.74) is 3.60. The first-order valence-corrected chi connectivity index (χ1v) is 10.9. The van der Waals surface area contributed by atoms with Crippen molar-refractivity contribution in [3.8, 4) is 21.8 Å². The summed E-state index contributed by atoms with van der Waals surface area (Å²) in [5, 5.41) is 5.86. The van der Waals surface area contributed by atoms with Crippen LogP contribution in [0.4, 0.5) is 0 Å². The van der Waals surface area contributed by atoms with E-state index in [9.17, 15) is 4.79 Å². The average Bonchev–Trinajstić information content (AvgIpc) is 3.37. The molecule has 30 heavy (non-hydrogen) atoms. The van der Waals surface area contributed by atoms with Gasteiger partial charge in [0.15, 0.2) is 5.58 Å². The van der Waals surface area contributed by atoms with E-state index in [1.54, 1.807) is 6.20 Å². The highest BCUT2D eigenvalue weighted by Crippen LogP contribution is 2.33. The third-order valence-electron chi connectivity index (χ3n) is 5.50. The van der Waals surface area contributed by atoms with Crippen LogP contribution in [0.1, 0.15) is 16.1 Å². The summed E-state index contributed by atoms with van der Waals surface area (Å²) in [4.78, 5) is 22.3. The number of fused-ring (bicyclic) bond motifs is 1. The lowest BCUT2D eigenvalue weighted by Gasteiger charge is -2.19. The summed E-state index contributed by atoms with van der Waals surface area (Å²) in [6.07, 6.45) is 2.65. The number of hydrogen-bond donors (Lipinski definition) is 0. The molecule has 2 aromatic carbocycles. The number of carbonyl (C=O) groups is 1. The molecule has 0 spiro atoms. The van der Waals surface area contributed by atoms with Gasteiger partial charge in [0.1, 0.15) is 15.6 Å². The molecule has 1 amide bonds. The average molecular weight is 419 g/mol. The molecule has 4 aromatic rings. The van der Waals surface area contributed by atoms with Crippen molar-refractivity contribution in [3.05, 3.63) is 59.6 Å². The van der Waals surface area contributed by atoms with Crippen molar-refractivity contribution in [2.24, 2.45) is 0 Å². The second-order valence-electron chi connectivity index (χ2n) is 7.59. The standard InChI is InChI=1S/C23H22N4O2S/c1-26-10-5-11-27(13-12-26)23(28)20-15-24-22(30-20)21-18-9-8-17(14-19(18)29-25-21)16-6-3-2-4-7-16/h2-4,6-9,14-15H,5,10-13H2,1H3. The Morgan fingerprint density at radius 1 is 1.03 bits per heavy atom. The maximum Gasteiger partial charge on any atom is 0.265 e. The first-order valence-electron chi connectivity index (χ1n) is 10.1. The molecule has 0 radical (unpaired) electrons. The normalized spacial score (nSPS) is 15.4. The van der Waals surface area contributed by atoms with Crippen molar-refractivity contribution < 1.29 is 9.32 Å². The maximum absolute atomic E-state index is 12.9. The summed E-state index contributed by atoms with van der Waals surface area (Å²) in [5.74, 6) is 0.0493. The number of benzene rings is 2. The van der Waals surface area contributed by atoms with Crippen LogP contribution in [0.15, 0.2) is 59.3 Å². The zero-order valence-electron chi connectivity index (χ0n) is 16.7. The van der Waals surface area contributed by atoms with Gasteiger partial charge in [-0.1, -0.05) is 41.6 Å². The minimum atomic E-state index is 0.0493. The Labute approximate surface area is 178 Å². The van der Waals surface area contributed by atoms with E-state index in [4.69, 9.17) is 4.52 Å². The van der Waals surface area contributed by atoms with E-state index in [0.29, 0.717) is 21.2 Å². The first-order chi connectivity index (χ1) is 14.7. The van der Waals surface area contributed by atoms with E-state index < -0.39 is 0 Å². The van der Waals surface area contributed by atoms with Crippen molar-refractivity contribution in [1.82, 2.24) is 19.9 Å². The summed E-state index contributed by atoms with van der Waals surface area (Å²) in [6, 6.07) is 16.2. The highest BCUT2D eigenvalue weighted by molar-refractivity contribution is 7.17. The van der Waals surface area contributed by atoms with Crippen LogP contribution in [0, 0.1) is 0 Å². The van der Waals surface area contributed by atoms with Crippen LogP contribution in [0.3, 0.4) is 0 Å². The molecular formula is C23H22N4O2S. The molecule has 5 rings (SSSR count). The molecule has 3 heterocycles. The van der Waals surface area contributed by atoms with Gasteiger partial charge in [-0.25, -0.2) is 4.98 Å². The maximum atomic E-state index is 12.9. The third kappa shape index (κ3) is 3.62. The fourth-order valence-electron chi connectivity index (χ4n) is 3.79. The van der Waals surface area contributed by atoms with Crippen LogP contribution in [-0.4, -0.2) is 59.1 Å². The van der Waals surface area contributed by atoms with Gasteiger partial charge in [-0.3, -0.25) is 4.79 Å². The molecule has 1 aliphatic heterocycles. The molecule has 0 atom stereocenters. The summed E-state index contributed by atoms with van der Waals surface area (Å²) in [7, 11) is 2.09. The number of rotatable bonds is 3. The second-order valence-corrected chi connectivity index (χ2v) is 8.62. The Morgan fingerprint density at radius 2 is 1.90 bits per heavy atom. The van der Waals surface area contributed by atoms with Crippen LogP contribution in [0.5, 0.6) is 0 Å². The quantitative estimate of drug-likeness (QED) is 0.494. The number of hydrogen-bond acceptors (Lipinski definition) is 6. The van der Waals surface area contributed by atoms with Crippen LogP contribution >= 0.6 is 11.3 Å². The molecule has 1 saturated heterocycles. The number of nitrogens with zero attached hydrogens (tertiary/aromatic N) is 4. The van der Waals surface area contributed by atoms with E-state index in [2.05, 4.69) is 40.3 Å². The van der Waals surface area contributed by atoms with Gasteiger partial charge in [0.2, 0.25) is 0 Å². The number of likely N-dealkylation sites (N-methyl/N-ethyl adjacent to an activating group) is 1. The number of aromatic nitrogens is 2. The van der Waals surface area contributed by atoms with Crippen LogP contribution in [-0.2, 0) is 0 Å². The van der Waals surface area contributed by atoms with Crippen LogP contribution in [0.25, 0.3) is 32.8 Å². The second kappa shape index (κ2) is 8.01. The first kappa shape index (κ1) is 19.0. The minimum Gasteiger partial charge on any atom is -0.356 e. The summed E-state index contributed by atoms with van der Waals surface area (Å²) in [6.45, 7) is 3.45. The van der Waals surface area contributed by atoms with Gasteiger partial charge in [0, 0.05) is 19.6 Å². The van der Waals surface area contributed by atoms with E-state index in [-0.39, 0.29) is 5.91 Å². The smallest absolute Gasteiger partial charge is 0.265 e. The predicted octanol–water partition coefficient (Wildman–Crippen LogP) is 4.40. The van der Waals surface area contributed by atoms with Gasteiger partial charge in [-0.15, -0.1) is 11.3 Å². The van der Waals surface area contributed by atoms with Crippen molar-refractivity contribution in [2.75, 3.05) is 33.2 Å². The fraction of sp³-hybridized carbons (Fsp3) is 0.261. The molecule has 0 N–H and O–H groups in total. The molecule has 2 aromatic heterocycles. The Kier molecular flexibility index (Phi) is 5.06. The predicted molar refractivity (Wildman–Crippen MR) is 119 cm³/mol. The van der Waals surface area contributed by atoms with Crippen molar-refractivity contribution in [1.29, 1.82) is 0 Å². The Bertz CT molecular complexity index is 1180. The van der Waals surface area contributed by atoms with Gasteiger partial charge in [0.05, 0.1) is 11.6 Å². The third-order valence-corrected chi connectivity index (χ3v) is 6.50. The summed E-state index contributed by atoms with van der Waals surface area (Å²) < 4.78 is 5.60. The van der Waals surface area contributed by atoms with Gasteiger partial charge in [-0.2, -0.15) is 0 Å². The van der Waals surface area contributed by atoms with E-state index >= 15 is 0 Å². The van der Waals surface area contributed by atoms with Gasteiger partial charge in [0.25, 0.3) is 5.91 Å². The highest BCUT2D eigenvalue weighted by Gasteiger charge is 2.22. The van der Waals surface area contributed by atoms with Gasteiger partial charge < -0.3 is 14.3 Å². The van der Waals surface area contributed by atoms with E-state index in [1.807, 2.05) is 35.2 Å².